The van der Waals surface area contributed by atoms with Gasteiger partial charge in [-0.05, 0) is 31.4 Å². The third kappa shape index (κ3) is 3.35. The van der Waals surface area contributed by atoms with E-state index in [0.717, 1.165) is 19.5 Å². The number of piperidine rings is 1. The molecule has 0 spiro atoms. The summed E-state index contributed by atoms with van der Waals surface area (Å²) in [6, 6.07) is 6.90. The molecule has 3 nitrogen and oxygen atoms in total. The van der Waals surface area contributed by atoms with E-state index in [0.29, 0.717) is 10.6 Å². The minimum Gasteiger partial charge on any atom is -0.393 e. The van der Waals surface area contributed by atoms with Gasteiger partial charge in [-0.15, -0.1) is 0 Å². The molecule has 1 heterocycles. The molecule has 1 aliphatic rings. The summed E-state index contributed by atoms with van der Waals surface area (Å²) in [7, 11) is 0. The molecule has 3 unspecified atom stereocenters. The highest BCUT2D eigenvalue weighted by Crippen LogP contribution is 2.21. The van der Waals surface area contributed by atoms with Crippen molar-refractivity contribution in [2.24, 2.45) is 5.92 Å². The second-order valence-corrected chi connectivity index (χ2v) is 5.82. The second kappa shape index (κ2) is 6.04. The van der Waals surface area contributed by atoms with Crippen LogP contribution < -0.4 is 0 Å². The first-order valence-corrected chi connectivity index (χ1v) is 7.08. The van der Waals surface area contributed by atoms with Gasteiger partial charge in [0.05, 0.1) is 12.1 Å². The van der Waals surface area contributed by atoms with Crippen molar-refractivity contribution in [3.05, 3.63) is 34.9 Å². The van der Waals surface area contributed by atoms with E-state index in [4.69, 9.17) is 11.6 Å². The highest BCUT2D eigenvalue weighted by atomic mass is 35.5. The highest BCUT2D eigenvalue weighted by molar-refractivity contribution is 6.31. The summed E-state index contributed by atoms with van der Waals surface area (Å²) < 4.78 is 0. The maximum Gasteiger partial charge on any atom is 0.179 e. The molecule has 1 N–H and O–H groups in total. The highest BCUT2D eigenvalue weighted by Gasteiger charge is 2.30. The number of ketones is 1. The van der Waals surface area contributed by atoms with Gasteiger partial charge in [-0.25, -0.2) is 0 Å². The summed E-state index contributed by atoms with van der Waals surface area (Å²) in [4.78, 5) is 14.6. The van der Waals surface area contributed by atoms with Gasteiger partial charge in [-0.3, -0.25) is 9.69 Å². The number of hydrogen-bond donors (Lipinski definition) is 1. The first kappa shape index (κ1) is 14.5. The van der Waals surface area contributed by atoms with Crippen molar-refractivity contribution in [3.8, 4) is 0 Å². The Morgan fingerprint density at radius 2 is 2.26 bits per heavy atom. The van der Waals surface area contributed by atoms with Gasteiger partial charge >= 0.3 is 0 Å². The Kier molecular flexibility index (Phi) is 4.61. The largest absolute Gasteiger partial charge is 0.393 e. The van der Waals surface area contributed by atoms with Crippen LogP contribution in [0.3, 0.4) is 0 Å². The fourth-order valence-corrected chi connectivity index (χ4v) is 2.76. The van der Waals surface area contributed by atoms with E-state index >= 15 is 0 Å². The number of nitrogens with zero attached hydrogens (tertiary/aromatic N) is 1. The van der Waals surface area contributed by atoms with Crippen molar-refractivity contribution in [2.45, 2.75) is 32.4 Å². The number of hydrogen-bond acceptors (Lipinski definition) is 3. The van der Waals surface area contributed by atoms with Crippen molar-refractivity contribution >= 4 is 17.4 Å². The number of carbonyl (C=O) groups is 1. The predicted octanol–water partition coefficient (Wildman–Crippen LogP) is 2.61. The van der Waals surface area contributed by atoms with Gasteiger partial charge in [0, 0.05) is 23.7 Å². The summed E-state index contributed by atoms with van der Waals surface area (Å²) in [6.07, 6.45) is 0.485. The molecule has 0 saturated carbocycles. The zero-order valence-electron chi connectivity index (χ0n) is 11.3. The van der Waals surface area contributed by atoms with Crippen LogP contribution in [0.2, 0.25) is 5.02 Å². The van der Waals surface area contributed by atoms with E-state index in [1.165, 1.54) is 0 Å². The van der Waals surface area contributed by atoms with Crippen LogP contribution in [0.15, 0.2) is 24.3 Å². The van der Waals surface area contributed by atoms with Crippen LogP contribution >= 0.6 is 11.6 Å². The smallest absolute Gasteiger partial charge is 0.179 e. The van der Waals surface area contributed by atoms with E-state index in [2.05, 4.69) is 4.90 Å². The lowest BCUT2D eigenvalue weighted by molar-refractivity contribution is 0.0205. The molecule has 1 fully saturated rings. The number of aliphatic hydroxyl groups excluding tert-OH is 1. The van der Waals surface area contributed by atoms with Gasteiger partial charge in [0.2, 0.25) is 0 Å². The lowest BCUT2D eigenvalue weighted by Crippen LogP contribution is -2.48. The maximum atomic E-state index is 12.4. The molecule has 0 bridgehead atoms. The van der Waals surface area contributed by atoms with E-state index in [1.807, 2.05) is 13.8 Å². The number of benzene rings is 1. The van der Waals surface area contributed by atoms with Crippen molar-refractivity contribution in [2.75, 3.05) is 13.1 Å². The second-order valence-electron chi connectivity index (χ2n) is 5.38. The van der Waals surface area contributed by atoms with E-state index in [1.54, 1.807) is 24.3 Å². The molecule has 104 valence electrons. The topological polar surface area (TPSA) is 40.5 Å². The molecular weight excluding hydrogens is 262 g/mol. The molecule has 1 aromatic rings. The van der Waals surface area contributed by atoms with Crippen LogP contribution in [0, 0.1) is 5.92 Å². The Bertz CT molecular complexity index is 463. The summed E-state index contributed by atoms with van der Waals surface area (Å²) in [5.41, 5.74) is 0.652. The average Bonchev–Trinajstić information content (AvgIpc) is 2.40. The molecule has 0 aromatic heterocycles. The van der Waals surface area contributed by atoms with Gasteiger partial charge in [0.1, 0.15) is 0 Å². The summed E-state index contributed by atoms with van der Waals surface area (Å²) in [6.45, 7) is 5.47. The van der Waals surface area contributed by atoms with Crippen LogP contribution in [-0.4, -0.2) is 41.0 Å². The minimum atomic E-state index is -0.246. The molecule has 19 heavy (non-hydrogen) atoms. The maximum absolute atomic E-state index is 12.4. The molecule has 1 saturated heterocycles. The van der Waals surface area contributed by atoms with Crippen molar-refractivity contribution in [1.29, 1.82) is 0 Å². The zero-order valence-corrected chi connectivity index (χ0v) is 12.1. The molecule has 0 amide bonds. The quantitative estimate of drug-likeness (QED) is 0.866. The Morgan fingerprint density at radius 3 is 2.89 bits per heavy atom. The molecule has 0 aliphatic carbocycles. The zero-order chi connectivity index (χ0) is 14.0. The first-order valence-electron chi connectivity index (χ1n) is 6.71. The third-order valence-electron chi connectivity index (χ3n) is 3.93. The van der Waals surface area contributed by atoms with Crippen molar-refractivity contribution < 1.29 is 9.90 Å². The third-order valence-corrected chi connectivity index (χ3v) is 4.16. The Hall–Kier alpha value is -0.900. The number of aliphatic hydroxyl groups is 1. The normalized spacial score (nSPS) is 26.1. The number of rotatable bonds is 3. The Morgan fingerprint density at radius 1 is 1.53 bits per heavy atom. The standard InChI is InChI=1S/C15H20ClNO2/c1-10-9-17(7-6-14(10)18)11(2)15(19)12-4-3-5-13(16)8-12/h3-5,8,10-11,14,18H,6-7,9H2,1-2H3. The summed E-state index contributed by atoms with van der Waals surface area (Å²) >= 11 is 5.92. The van der Waals surface area contributed by atoms with E-state index in [-0.39, 0.29) is 23.8 Å². The number of carbonyl (C=O) groups excluding carboxylic acids is 1. The Labute approximate surface area is 119 Å². The van der Waals surface area contributed by atoms with Crippen LogP contribution in [0.4, 0.5) is 0 Å². The van der Waals surface area contributed by atoms with E-state index in [9.17, 15) is 9.90 Å². The molecule has 2 rings (SSSR count). The number of halogens is 1. The molecule has 3 atom stereocenters. The number of likely N-dealkylation sites (tertiary alicyclic amines) is 1. The summed E-state index contributed by atoms with van der Waals surface area (Å²) in [5, 5.41) is 10.3. The van der Waals surface area contributed by atoms with Gasteiger partial charge in [0.15, 0.2) is 5.78 Å². The molecule has 1 aliphatic heterocycles. The number of Topliss-reactive ketones (excluding diaryl/α,β-unsaturated/α-hetero) is 1. The minimum absolute atomic E-state index is 0.0890. The Balaban J connectivity index is 2.07. The van der Waals surface area contributed by atoms with Crippen LogP contribution in [0.1, 0.15) is 30.6 Å². The molecule has 1 aromatic carbocycles. The van der Waals surface area contributed by atoms with Crippen molar-refractivity contribution in [3.63, 3.8) is 0 Å². The van der Waals surface area contributed by atoms with Crippen molar-refractivity contribution in [1.82, 2.24) is 4.90 Å². The fourth-order valence-electron chi connectivity index (χ4n) is 2.57. The lowest BCUT2D eigenvalue weighted by atomic mass is 9.94. The lowest BCUT2D eigenvalue weighted by Gasteiger charge is -2.37. The molecule has 4 heteroatoms. The van der Waals surface area contributed by atoms with Crippen LogP contribution in [0.5, 0.6) is 0 Å². The van der Waals surface area contributed by atoms with Gasteiger partial charge in [0.25, 0.3) is 0 Å². The van der Waals surface area contributed by atoms with Gasteiger partial charge in [-0.2, -0.15) is 0 Å². The molecule has 0 radical (unpaired) electrons. The first-order chi connectivity index (χ1) is 8.99. The van der Waals surface area contributed by atoms with Gasteiger partial charge < -0.3 is 5.11 Å². The van der Waals surface area contributed by atoms with Crippen LogP contribution in [0.25, 0.3) is 0 Å². The molecular formula is C15H20ClNO2. The monoisotopic (exact) mass is 281 g/mol. The average molecular weight is 282 g/mol. The fraction of sp³-hybridized carbons (Fsp3) is 0.533. The SMILES string of the molecule is CC1CN(C(C)C(=O)c2cccc(Cl)c2)CCC1O. The van der Waals surface area contributed by atoms with Gasteiger partial charge in [-0.1, -0.05) is 30.7 Å². The van der Waals surface area contributed by atoms with E-state index < -0.39 is 0 Å². The van der Waals surface area contributed by atoms with Crippen LogP contribution in [-0.2, 0) is 0 Å². The summed E-state index contributed by atoms with van der Waals surface area (Å²) in [5.74, 6) is 0.300. The predicted molar refractivity (Wildman–Crippen MR) is 76.6 cm³/mol.